The molecular weight excluding hydrogens is 179 g/mol. The Bertz CT molecular complexity index is 302. The summed E-state index contributed by atoms with van der Waals surface area (Å²) in [7, 11) is 1.44. The summed E-state index contributed by atoms with van der Waals surface area (Å²) < 4.78 is 0. The monoisotopic (exact) mass is 204 g/mol. The third-order valence-electron chi connectivity index (χ3n) is 5.68. The number of fused-ring (bicyclic) bond motifs is 1. The van der Waals surface area contributed by atoms with Crippen molar-refractivity contribution in [2.75, 3.05) is 0 Å². The van der Waals surface area contributed by atoms with Gasteiger partial charge in [0.2, 0.25) is 0 Å². The van der Waals surface area contributed by atoms with Gasteiger partial charge in [-0.05, 0) is 29.5 Å². The zero-order chi connectivity index (χ0) is 11.5. The Morgan fingerprint density at radius 1 is 1.20 bits per heavy atom. The van der Waals surface area contributed by atoms with Gasteiger partial charge in [-0.15, -0.1) is 0 Å². The molecule has 0 spiro atoms. The van der Waals surface area contributed by atoms with Crippen LogP contribution >= 0.6 is 0 Å². The number of allylic oxidation sites excluding steroid dienone is 1. The van der Waals surface area contributed by atoms with Crippen molar-refractivity contribution in [3.05, 3.63) is 12.2 Å². The van der Waals surface area contributed by atoms with E-state index in [4.69, 9.17) is 0 Å². The zero-order valence-corrected chi connectivity index (χ0v) is 11.1. The highest BCUT2D eigenvalue weighted by molar-refractivity contribution is 6.60. The topological polar surface area (TPSA) is 0 Å². The Hall–Kier alpha value is -0.195. The number of hydrogen-bond acceptors (Lipinski definition) is 0. The van der Waals surface area contributed by atoms with Crippen LogP contribution in [0.3, 0.4) is 0 Å². The first-order valence-electron chi connectivity index (χ1n) is 6.42. The SMILES string of the molecule is C=C1CC2(C(C)C)BC2(C)CCC1(C)C. The normalized spacial score (nSPS) is 43.2. The van der Waals surface area contributed by atoms with Gasteiger partial charge in [0.1, 0.15) is 7.28 Å². The Balaban J connectivity index is 2.29. The molecule has 0 aromatic heterocycles. The van der Waals surface area contributed by atoms with Gasteiger partial charge in [0.05, 0.1) is 0 Å². The van der Waals surface area contributed by atoms with Crippen LogP contribution in [0, 0.1) is 11.3 Å². The van der Waals surface area contributed by atoms with Crippen LogP contribution in [-0.4, -0.2) is 7.28 Å². The van der Waals surface area contributed by atoms with Crippen LogP contribution in [0.4, 0.5) is 0 Å². The highest BCUT2D eigenvalue weighted by Gasteiger charge is 2.67. The molecule has 2 aliphatic rings. The van der Waals surface area contributed by atoms with Gasteiger partial charge < -0.3 is 0 Å². The fourth-order valence-electron chi connectivity index (χ4n) is 3.76. The quantitative estimate of drug-likeness (QED) is 0.443. The molecule has 1 heteroatoms. The van der Waals surface area contributed by atoms with Gasteiger partial charge in [0, 0.05) is 0 Å². The van der Waals surface area contributed by atoms with Gasteiger partial charge in [-0.3, -0.25) is 0 Å². The van der Waals surface area contributed by atoms with Crippen molar-refractivity contribution in [3.63, 3.8) is 0 Å². The Labute approximate surface area is 95.8 Å². The molecule has 0 amide bonds. The van der Waals surface area contributed by atoms with E-state index < -0.39 is 0 Å². The van der Waals surface area contributed by atoms with E-state index in [1.54, 1.807) is 0 Å². The summed E-state index contributed by atoms with van der Waals surface area (Å²) in [5.74, 6) is 0.813. The van der Waals surface area contributed by atoms with Gasteiger partial charge in [-0.1, -0.05) is 58.5 Å². The molecule has 0 nitrogen and oxygen atoms in total. The molecule has 1 aliphatic carbocycles. The molecule has 1 heterocycles. The molecule has 2 fully saturated rings. The molecule has 2 rings (SSSR count). The Morgan fingerprint density at radius 2 is 1.80 bits per heavy atom. The zero-order valence-electron chi connectivity index (χ0n) is 11.1. The van der Waals surface area contributed by atoms with Crippen LogP contribution in [0.5, 0.6) is 0 Å². The van der Waals surface area contributed by atoms with E-state index in [9.17, 15) is 0 Å². The fraction of sp³-hybridized carbons (Fsp3) is 0.857. The molecule has 1 saturated carbocycles. The maximum Gasteiger partial charge on any atom is 0.135 e. The molecule has 1 aliphatic heterocycles. The van der Waals surface area contributed by atoms with Gasteiger partial charge in [-0.25, -0.2) is 0 Å². The second-order valence-corrected chi connectivity index (χ2v) is 7.21. The molecule has 0 aromatic carbocycles. The Morgan fingerprint density at radius 3 is 2.33 bits per heavy atom. The molecule has 0 bridgehead atoms. The Kier molecular flexibility index (Phi) is 2.20. The third kappa shape index (κ3) is 1.42. The predicted molar refractivity (Wildman–Crippen MR) is 69.8 cm³/mol. The summed E-state index contributed by atoms with van der Waals surface area (Å²) >= 11 is 0. The first-order valence-corrected chi connectivity index (χ1v) is 6.42. The van der Waals surface area contributed by atoms with Crippen LogP contribution in [0.2, 0.25) is 10.6 Å². The molecule has 0 N–H and O–H groups in total. The third-order valence-corrected chi connectivity index (χ3v) is 5.68. The second kappa shape index (κ2) is 2.93. The largest absolute Gasteiger partial charge is 0.135 e. The maximum absolute atomic E-state index is 4.36. The lowest BCUT2D eigenvalue weighted by molar-refractivity contribution is 0.381. The highest BCUT2D eigenvalue weighted by Crippen LogP contribution is 2.79. The van der Waals surface area contributed by atoms with E-state index in [0.717, 1.165) is 5.92 Å². The average molecular weight is 204 g/mol. The van der Waals surface area contributed by atoms with Gasteiger partial charge in [0.25, 0.3) is 0 Å². The molecule has 2 unspecified atom stereocenters. The van der Waals surface area contributed by atoms with E-state index in [2.05, 4.69) is 41.2 Å². The van der Waals surface area contributed by atoms with E-state index in [1.165, 1.54) is 32.1 Å². The van der Waals surface area contributed by atoms with E-state index in [0.29, 0.717) is 16.0 Å². The number of hydrogen-bond donors (Lipinski definition) is 0. The predicted octanol–water partition coefficient (Wildman–Crippen LogP) is 4.20. The van der Waals surface area contributed by atoms with Gasteiger partial charge in [-0.2, -0.15) is 0 Å². The van der Waals surface area contributed by atoms with Crippen molar-refractivity contribution in [1.82, 2.24) is 0 Å². The number of rotatable bonds is 1. The lowest BCUT2D eigenvalue weighted by Crippen LogP contribution is -2.15. The molecule has 0 radical (unpaired) electrons. The fourth-order valence-corrected chi connectivity index (χ4v) is 3.76. The minimum atomic E-state index is 0.373. The van der Waals surface area contributed by atoms with Gasteiger partial charge >= 0.3 is 0 Å². The summed E-state index contributed by atoms with van der Waals surface area (Å²) in [6.45, 7) is 16.4. The first kappa shape index (κ1) is 11.3. The minimum absolute atomic E-state index is 0.373. The second-order valence-electron chi connectivity index (χ2n) is 7.21. The van der Waals surface area contributed by atoms with Crippen molar-refractivity contribution in [2.45, 2.75) is 64.5 Å². The van der Waals surface area contributed by atoms with Crippen LogP contribution in [-0.2, 0) is 0 Å². The molecule has 84 valence electrons. The van der Waals surface area contributed by atoms with Gasteiger partial charge in [0.15, 0.2) is 0 Å². The van der Waals surface area contributed by atoms with Crippen LogP contribution < -0.4 is 0 Å². The van der Waals surface area contributed by atoms with Crippen molar-refractivity contribution in [2.24, 2.45) is 11.3 Å². The van der Waals surface area contributed by atoms with Crippen LogP contribution in [0.1, 0.15) is 53.9 Å². The minimum Gasteiger partial charge on any atom is -0.0993 e. The summed E-state index contributed by atoms with van der Waals surface area (Å²) in [4.78, 5) is 0. The van der Waals surface area contributed by atoms with Crippen molar-refractivity contribution in [3.8, 4) is 0 Å². The van der Waals surface area contributed by atoms with Crippen molar-refractivity contribution in [1.29, 1.82) is 0 Å². The summed E-state index contributed by atoms with van der Waals surface area (Å²) in [5, 5.41) is 1.22. The molecular formula is C14H25B. The molecule has 1 saturated heterocycles. The molecule has 0 aromatic rings. The molecule has 2 atom stereocenters. The first-order chi connectivity index (χ1) is 6.74. The van der Waals surface area contributed by atoms with E-state index >= 15 is 0 Å². The standard InChI is InChI=1S/C14H25B/c1-10(2)14-9-11(3)12(4,5)7-8-13(14,6)15-14/h10,15H,3,7-9H2,1-2,4-6H3. The molecule has 15 heavy (non-hydrogen) atoms. The van der Waals surface area contributed by atoms with E-state index in [1.807, 2.05) is 0 Å². The summed E-state index contributed by atoms with van der Waals surface area (Å²) in [5.41, 5.74) is 1.87. The lowest BCUT2D eigenvalue weighted by atomic mass is 9.69. The van der Waals surface area contributed by atoms with Crippen LogP contribution in [0.25, 0.3) is 0 Å². The summed E-state index contributed by atoms with van der Waals surface area (Å²) in [6.07, 6.45) is 4.00. The maximum atomic E-state index is 4.36. The van der Waals surface area contributed by atoms with Crippen molar-refractivity contribution >= 4 is 7.28 Å². The lowest BCUT2D eigenvalue weighted by Gasteiger charge is -2.29. The van der Waals surface area contributed by atoms with E-state index in [-0.39, 0.29) is 0 Å². The van der Waals surface area contributed by atoms with Crippen LogP contribution in [0.15, 0.2) is 12.2 Å². The smallest absolute Gasteiger partial charge is 0.0993 e. The van der Waals surface area contributed by atoms with Crippen molar-refractivity contribution < 1.29 is 0 Å². The summed E-state index contributed by atoms with van der Waals surface area (Å²) in [6, 6.07) is 0. The highest BCUT2D eigenvalue weighted by atomic mass is 14.6. The average Bonchev–Trinajstić information content (AvgIpc) is 2.71.